The Morgan fingerprint density at radius 2 is 0.540 bits per heavy atom. The SMILES string of the molecule is CC(OC(=O)C=CC(=O)OC(C)C(F)(F)C(F)(F)C(F)(F)C(F)(F)C(F)(F)C(F)(F)F)C(F)(F)C(F)(F)C(F)(F)C(F)(F)C(F)(F)C(F)(F)F. The molecule has 0 bridgehead atoms. The Balaban J connectivity index is 6.14. The van der Waals surface area contributed by atoms with Crippen molar-refractivity contribution in [2.75, 3.05) is 0 Å². The molecule has 4 nitrogen and oxygen atoms in total. The second-order valence-electron chi connectivity index (χ2n) is 9.33. The molecule has 0 amide bonds. The predicted octanol–water partition coefficient (Wildman–Crippen LogP) is 8.88. The van der Waals surface area contributed by atoms with Gasteiger partial charge in [0.05, 0.1) is 0 Å². The van der Waals surface area contributed by atoms with Crippen LogP contribution in [0.3, 0.4) is 0 Å². The lowest BCUT2D eigenvalue weighted by Gasteiger charge is -2.40. The van der Waals surface area contributed by atoms with Gasteiger partial charge in [0.2, 0.25) is 0 Å². The van der Waals surface area contributed by atoms with Gasteiger partial charge in [0.25, 0.3) is 0 Å². The number of alkyl halides is 26. The Morgan fingerprint density at radius 1 is 0.360 bits per heavy atom. The lowest BCUT2D eigenvalue weighted by molar-refractivity contribution is -0.443. The van der Waals surface area contributed by atoms with Crippen LogP contribution in [0.25, 0.3) is 0 Å². The summed E-state index contributed by atoms with van der Waals surface area (Å²) >= 11 is 0. The number of hydrogen-bond acceptors (Lipinski definition) is 4. The molecule has 0 aromatic heterocycles. The van der Waals surface area contributed by atoms with Crippen LogP contribution in [0.2, 0.25) is 0 Å². The molecule has 0 saturated carbocycles. The minimum absolute atomic E-state index is 0.683. The van der Waals surface area contributed by atoms with Gasteiger partial charge in [0.15, 0.2) is 12.2 Å². The average Bonchev–Trinajstić information content (AvgIpc) is 2.89. The first kappa shape index (κ1) is 46.9. The van der Waals surface area contributed by atoms with Gasteiger partial charge in [-0.15, -0.1) is 0 Å². The maximum atomic E-state index is 13.9. The standard InChI is InChI=1S/C20H10F26O4/c1-5(9(21,22)11(25,26)13(29,30)15(33,34)17(37,38)19(41,42)43)49-7(47)3-4-8(48)50-6(2)10(23,24)12(27,28)14(31,32)16(35,36)18(39,40)20(44,45)46/h3-6H,1-2H3. The van der Waals surface area contributed by atoms with Crippen LogP contribution in [0.5, 0.6) is 0 Å². The highest BCUT2D eigenvalue weighted by atomic mass is 19.4. The van der Waals surface area contributed by atoms with E-state index in [1.54, 1.807) is 0 Å². The average molecular weight is 808 g/mol. The van der Waals surface area contributed by atoms with E-state index in [-0.39, 0.29) is 0 Å². The summed E-state index contributed by atoms with van der Waals surface area (Å²) in [6.45, 7) is -1.37. The smallest absolute Gasteiger partial charge is 0.453 e. The molecule has 2 atom stereocenters. The van der Waals surface area contributed by atoms with E-state index in [1.807, 2.05) is 0 Å². The molecule has 0 aliphatic rings. The minimum Gasteiger partial charge on any atom is -0.453 e. The molecule has 30 heteroatoms. The van der Waals surface area contributed by atoms with E-state index in [0.29, 0.717) is 0 Å². The molecular formula is C20H10F26O4. The van der Waals surface area contributed by atoms with Crippen molar-refractivity contribution in [3.05, 3.63) is 12.2 Å². The van der Waals surface area contributed by atoms with Crippen LogP contribution in [-0.2, 0) is 19.1 Å². The molecule has 0 rings (SSSR count). The van der Waals surface area contributed by atoms with E-state index < -0.39 is 122 Å². The van der Waals surface area contributed by atoms with E-state index in [1.165, 1.54) is 0 Å². The van der Waals surface area contributed by atoms with Crippen molar-refractivity contribution in [1.29, 1.82) is 0 Å². The van der Waals surface area contributed by atoms with Gasteiger partial charge in [0.1, 0.15) is 0 Å². The fourth-order valence-corrected chi connectivity index (χ4v) is 2.79. The molecule has 0 saturated heterocycles. The number of ether oxygens (including phenoxy) is 2. The van der Waals surface area contributed by atoms with E-state index in [9.17, 15) is 124 Å². The number of carbonyl (C=O) groups excluding carboxylic acids is 2. The summed E-state index contributed by atoms with van der Waals surface area (Å²) in [6, 6.07) is 0. The first-order chi connectivity index (χ1) is 21.3. The van der Waals surface area contributed by atoms with Gasteiger partial charge >= 0.3 is 83.5 Å². The normalized spacial score (nSPS) is 17.1. The molecule has 0 aromatic carbocycles. The zero-order valence-corrected chi connectivity index (χ0v) is 22.8. The number of halogens is 26. The number of rotatable bonds is 14. The van der Waals surface area contributed by atoms with Crippen LogP contribution < -0.4 is 0 Å². The number of hydrogen-bond donors (Lipinski definition) is 0. The molecule has 0 heterocycles. The van der Waals surface area contributed by atoms with Gasteiger partial charge in [-0.2, -0.15) is 114 Å². The third-order valence-electron chi connectivity index (χ3n) is 5.88. The summed E-state index contributed by atoms with van der Waals surface area (Å²) in [5.74, 6) is -85.7. The summed E-state index contributed by atoms with van der Waals surface area (Å²) in [5.41, 5.74) is 0. The molecule has 0 aliphatic heterocycles. The molecular weight excluding hydrogens is 798 g/mol. The fraction of sp³-hybridized carbons (Fsp3) is 0.800. The molecule has 0 fully saturated rings. The van der Waals surface area contributed by atoms with Crippen LogP contribution >= 0.6 is 0 Å². The van der Waals surface area contributed by atoms with Crippen LogP contribution in [-0.4, -0.2) is 95.7 Å². The Labute approximate surface area is 256 Å². The van der Waals surface area contributed by atoms with Crippen LogP contribution in [0, 0.1) is 0 Å². The Morgan fingerprint density at radius 3 is 0.720 bits per heavy atom. The van der Waals surface area contributed by atoms with Crippen molar-refractivity contribution in [2.24, 2.45) is 0 Å². The third kappa shape index (κ3) is 6.90. The molecule has 0 radical (unpaired) electrons. The largest absolute Gasteiger partial charge is 0.460 e. The predicted molar refractivity (Wildman–Crippen MR) is 102 cm³/mol. The van der Waals surface area contributed by atoms with Gasteiger partial charge in [-0.3, -0.25) is 0 Å². The Hall–Kier alpha value is -3.14. The van der Waals surface area contributed by atoms with E-state index in [4.69, 9.17) is 0 Å². The van der Waals surface area contributed by atoms with Crippen LogP contribution in [0.15, 0.2) is 12.2 Å². The highest BCUT2D eigenvalue weighted by molar-refractivity contribution is 5.91. The number of carbonyl (C=O) groups is 2. The van der Waals surface area contributed by atoms with Crippen molar-refractivity contribution in [3.63, 3.8) is 0 Å². The highest BCUT2D eigenvalue weighted by Crippen LogP contribution is 2.62. The highest BCUT2D eigenvalue weighted by Gasteiger charge is 2.92. The maximum absolute atomic E-state index is 13.9. The topological polar surface area (TPSA) is 52.6 Å². The summed E-state index contributed by atoms with van der Waals surface area (Å²) in [5, 5.41) is 0. The zero-order valence-electron chi connectivity index (χ0n) is 22.8. The molecule has 0 aromatic rings. The molecule has 0 spiro atoms. The lowest BCUT2D eigenvalue weighted by Crippen LogP contribution is -2.71. The van der Waals surface area contributed by atoms with Gasteiger partial charge < -0.3 is 9.47 Å². The monoisotopic (exact) mass is 808 g/mol. The molecule has 2 unspecified atom stereocenters. The summed E-state index contributed by atoms with van der Waals surface area (Å²) < 4.78 is 348. The molecule has 0 aliphatic carbocycles. The maximum Gasteiger partial charge on any atom is 0.460 e. The first-order valence-electron chi connectivity index (χ1n) is 11.3. The first-order valence-corrected chi connectivity index (χ1v) is 11.3. The summed E-state index contributed by atoms with van der Waals surface area (Å²) in [6.07, 6.45) is -26.0. The third-order valence-corrected chi connectivity index (χ3v) is 5.88. The van der Waals surface area contributed by atoms with Crippen molar-refractivity contribution < 1.29 is 133 Å². The van der Waals surface area contributed by atoms with Gasteiger partial charge in [0, 0.05) is 12.2 Å². The van der Waals surface area contributed by atoms with Crippen molar-refractivity contribution in [2.45, 2.75) is 97.6 Å². The van der Waals surface area contributed by atoms with Gasteiger partial charge in [-0.05, 0) is 13.8 Å². The van der Waals surface area contributed by atoms with Crippen molar-refractivity contribution >= 4 is 11.9 Å². The Kier molecular flexibility index (Phi) is 12.0. The van der Waals surface area contributed by atoms with E-state index in [2.05, 4.69) is 9.47 Å². The minimum atomic E-state index is -8.38. The van der Waals surface area contributed by atoms with E-state index in [0.717, 1.165) is 0 Å². The second kappa shape index (κ2) is 12.8. The van der Waals surface area contributed by atoms with Crippen LogP contribution in [0.4, 0.5) is 114 Å². The summed E-state index contributed by atoms with van der Waals surface area (Å²) in [7, 11) is 0. The van der Waals surface area contributed by atoms with E-state index >= 15 is 0 Å². The lowest BCUT2D eigenvalue weighted by atomic mass is 9.92. The van der Waals surface area contributed by atoms with Crippen LogP contribution in [0.1, 0.15) is 13.8 Å². The molecule has 0 N–H and O–H groups in total. The van der Waals surface area contributed by atoms with Gasteiger partial charge in [-0.25, -0.2) is 9.59 Å². The molecule has 296 valence electrons. The fourth-order valence-electron chi connectivity index (χ4n) is 2.79. The van der Waals surface area contributed by atoms with Crippen molar-refractivity contribution in [1.82, 2.24) is 0 Å². The van der Waals surface area contributed by atoms with Gasteiger partial charge in [-0.1, -0.05) is 0 Å². The number of esters is 2. The summed E-state index contributed by atoms with van der Waals surface area (Å²) in [4.78, 5) is 22.8. The zero-order chi connectivity index (χ0) is 41.1. The second-order valence-corrected chi connectivity index (χ2v) is 9.33. The Bertz CT molecular complexity index is 1180. The molecule has 50 heavy (non-hydrogen) atoms. The van der Waals surface area contributed by atoms with Crippen molar-refractivity contribution in [3.8, 4) is 0 Å². The quantitative estimate of drug-likeness (QED) is 0.100.